The Labute approximate surface area is 631 Å². The summed E-state index contributed by atoms with van der Waals surface area (Å²) in [4.78, 5) is 0. The lowest BCUT2D eigenvalue weighted by Gasteiger charge is -2.11. The van der Waals surface area contributed by atoms with Crippen LogP contribution >= 0.6 is 0 Å². The lowest BCUT2D eigenvalue weighted by Crippen LogP contribution is -1.94. The van der Waals surface area contributed by atoms with Gasteiger partial charge in [-0.05, 0) is 206 Å². The van der Waals surface area contributed by atoms with E-state index in [4.69, 9.17) is 8.83 Å². The van der Waals surface area contributed by atoms with E-state index in [0.29, 0.717) is 0 Å². The van der Waals surface area contributed by atoms with Crippen molar-refractivity contribution in [1.29, 1.82) is 0 Å². The van der Waals surface area contributed by atoms with E-state index >= 15 is 0 Å². The SMILES string of the molecule is c1ccc(-c2ccc(-n3c4ccc(-c5ccc6c(c5)c5ccccc5n6-c5ccc6ccccc6c5)cc4c4cc5c(cc43)oc3ccccc35)cc2)cc1.c1ccc(-c2ccc(-n3c4ccc(-c5ccc6c(c5)c5ccccc5n6-c5ccc6ccccc6c5)cc4c4cc5oc6ccccc6c5cc43)cc2)cc1. The molecule has 0 aliphatic heterocycles. The van der Waals surface area contributed by atoms with Gasteiger partial charge in [0.2, 0.25) is 0 Å². The molecule has 0 spiro atoms. The molecule has 6 nitrogen and oxygen atoms in total. The first-order valence-electron chi connectivity index (χ1n) is 37.7. The van der Waals surface area contributed by atoms with Crippen LogP contribution in [0.5, 0.6) is 0 Å². The largest absolute Gasteiger partial charge is 0.456 e. The first kappa shape index (κ1) is 61.6. The smallest absolute Gasteiger partial charge is 0.137 e. The van der Waals surface area contributed by atoms with Crippen LogP contribution in [0.15, 0.2) is 397 Å². The van der Waals surface area contributed by atoms with Crippen LogP contribution in [0.3, 0.4) is 0 Å². The number of fused-ring (bicyclic) bond motifs is 20. The van der Waals surface area contributed by atoms with Crippen LogP contribution in [-0.4, -0.2) is 18.3 Å². The molecular formula is C104H64N4O2. The van der Waals surface area contributed by atoms with E-state index in [1.807, 2.05) is 12.1 Å². The Balaban J connectivity index is 0.000000132. The molecule has 6 heterocycles. The molecular weight excluding hydrogens is 1340 g/mol. The predicted octanol–water partition coefficient (Wildman–Crippen LogP) is 28.5. The van der Waals surface area contributed by atoms with Crippen LogP contribution in [0.25, 0.3) is 220 Å². The summed E-state index contributed by atoms with van der Waals surface area (Å²) in [6.45, 7) is 0. The number of nitrogens with zero attached hydrogens (tertiary/aromatic N) is 4. The molecule has 0 bridgehead atoms. The second kappa shape index (κ2) is 24.4. The molecule has 0 N–H and O–H groups in total. The average molecular weight is 1400 g/mol. The zero-order chi connectivity index (χ0) is 72.1. The summed E-state index contributed by atoms with van der Waals surface area (Å²) in [6.07, 6.45) is 0. The Morgan fingerprint density at radius 3 is 0.891 bits per heavy atom. The number of para-hydroxylation sites is 4. The minimum Gasteiger partial charge on any atom is -0.456 e. The van der Waals surface area contributed by atoms with Gasteiger partial charge in [-0.2, -0.15) is 0 Å². The first-order valence-corrected chi connectivity index (χ1v) is 37.7. The summed E-state index contributed by atoms with van der Waals surface area (Å²) >= 11 is 0. The van der Waals surface area contributed by atoms with Crippen LogP contribution < -0.4 is 0 Å². The highest BCUT2D eigenvalue weighted by molar-refractivity contribution is 6.21. The van der Waals surface area contributed by atoms with E-state index < -0.39 is 0 Å². The quantitative estimate of drug-likeness (QED) is 0.152. The molecule has 18 aromatic carbocycles. The lowest BCUT2D eigenvalue weighted by atomic mass is 10.00. The molecule has 24 aromatic rings. The highest BCUT2D eigenvalue weighted by Gasteiger charge is 2.23. The van der Waals surface area contributed by atoms with E-state index in [1.54, 1.807) is 0 Å². The standard InChI is InChI=1S/2C52H32N2O/c1-2-10-33(11-3-1)35-18-23-39(24-19-35)53-49-27-22-38(30-44(49)45-32-52-46(31-50(45)53)42-15-7-9-17-51(42)55-52)37-21-26-48-43(29-37)41-14-6-8-16-47(41)54(48)40-25-20-34-12-4-5-13-36(34)28-40;1-2-10-33(11-3-1)35-18-23-39(24-19-35)53-49-27-22-38(30-44(49)45-31-46-42-15-7-9-17-51(42)55-52(46)32-50(45)53)37-21-26-48-43(29-37)41-14-6-8-16-47(41)54(48)40-25-20-34-12-4-5-13-36(34)28-40/h2*1-32H. The molecule has 0 amide bonds. The molecule has 110 heavy (non-hydrogen) atoms. The molecule has 0 saturated carbocycles. The minimum atomic E-state index is 0.896. The van der Waals surface area contributed by atoms with Gasteiger partial charge in [0.1, 0.15) is 22.3 Å². The van der Waals surface area contributed by atoms with Gasteiger partial charge < -0.3 is 27.1 Å². The topological polar surface area (TPSA) is 46.0 Å². The molecule has 0 aliphatic carbocycles. The summed E-state index contributed by atoms with van der Waals surface area (Å²) in [5, 5.41) is 19.3. The number of benzene rings is 18. The molecule has 0 fully saturated rings. The third kappa shape index (κ3) is 9.76. The molecule has 0 radical (unpaired) electrons. The number of hydrogen-bond donors (Lipinski definition) is 0. The summed E-state index contributed by atoms with van der Waals surface area (Å²) in [5.41, 5.74) is 27.2. The van der Waals surface area contributed by atoms with Crippen molar-refractivity contribution in [3.8, 4) is 67.3 Å². The van der Waals surface area contributed by atoms with Crippen LogP contribution in [0.2, 0.25) is 0 Å². The van der Waals surface area contributed by atoms with Gasteiger partial charge in [0, 0.05) is 93.5 Å². The first-order chi connectivity index (χ1) is 54.5. The molecule has 0 atom stereocenters. The molecule has 0 unspecified atom stereocenters. The maximum Gasteiger partial charge on any atom is 0.137 e. The van der Waals surface area contributed by atoms with Crippen LogP contribution in [-0.2, 0) is 0 Å². The highest BCUT2D eigenvalue weighted by Crippen LogP contribution is 2.45. The molecule has 6 aromatic heterocycles. The number of hydrogen-bond acceptors (Lipinski definition) is 2. The summed E-state index contributed by atoms with van der Waals surface area (Å²) in [6, 6.07) is 141. The lowest BCUT2D eigenvalue weighted by molar-refractivity contribution is 0.669. The van der Waals surface area contributed by atoms with Crippen molar-refractivity contribution in [3.05, 3.63) is 388 Å². The Hall–Kier alpha value is -14.7. The van der Waals surface area contributed by atoms with E-state index in [-0.39, 0.29) is 0 Å². The summed E-state index contributed by atoms with van der Waals surface area (Å²) in [7, 11) is 0. The second-order valence-electron chi connectivity index (χ2n) is 29.1. The van der Waals surface area contributed by atoms with Crippen molar-refractivity contribution < 1.29 is 8.83 Å². The van der Waals surface area contributed by atoms with E-state index in [1.165, 1.54) is 143 Å². The maximum atomic E-state index is 6.44. The van der Waals surface area contributed by atoms with Crippen molar-refractivity contribution >= 4 is 153 Å². The zero-order valence-electron chi connectivity index (χ0n) is 59.6. The molecule has 24 rings (SSSR count). The van der Waals surface area contributed by atoms with Crippen LogP contribution in [0.4, 0.5) is 0 Å². The predicted molar refractivity (Wildman–Crippen MR) is 462 cm³/mol. The Morgan fingerprint density at radius 2 is 0.436 bits per heavy atom. The normalized spacial score (nSPS) is 12.0. The summed E-state index contributed by atoms with van der Waals surface area (Å²) in [5.74, 6) is 0. The molecule has 0 aliphatic rings. The van der Waals surface area contributed by atoms with Crippen molar-refractivity contribution in [2.24, 2.45) is 0 Å². The Morgan fingerprint density at radius 1 is 0.136 bits per heavy atom. The maximum absolute atomic E-state index is 6.44. The van der Waals surface area contributed by atoms with Gasteiger partial charge in [0.25, 0.3) is 0 Å². The van der Waals surface area contributed by atoms with Gasteiger partial charge in [-0.25, -0.2) is 0 Å². The highest BCUT2D eigenvalue weighted by atomic mass is 16.3. The fourth-order valence-corrected chi connectivity index (χ4v) is 17.8. The molecule has 0 saturated heterocycles. The minimum absolute atomic E-state index is 0.896. The third-order valence-electron chi connectivity index (χ3n) is 23.0. The van der Waals surface area contributed by atoms with Gasteiger partial charge in [0.05, 0.1) is 44.1 Å². The van der Waals surface area contributed by atoms with Crippen LogP contribution in [0, 0.1) is 0 Å². The molecule has 512 valence electrons. The van der Waals surface area contributed by atoms with Gasteiger partial charge in [0.15, 0.2) is 0 Å². The third-order valence-corrected chi connectivity index (χ3v) is 23.0. The Kier molecular flexibility index (Phi) is 13.7. The van der Waals surface area contributed by atoms with Crippen LogP contribution in [0.1, 0.15) is 0 Å². The second-order valence-corrected chi connectivity index (χ2v) is 29.1. The van der Waals surface area contributed by atoms with Gasteiger partial charge >= 0.3 is 0 Å². The van der Waals surface area contributed by atoms with E-state index in [9.17, 15) is 0 Å². The monoisotopic (exact) mass is 1400 g/mol. The molecule has 6 heteroatoms. The number of rotatable bonds is 8. The van der Waals surface area contributed by atoms with Gasteiger partial charge in [-0.3, -0.25) is 0 Å². The summed E-state index contributed by atoms with van der Waals surface area (Å²) < 4.78 is 22.5. The van der Waals surface area contributed by atoms with Crippen molar-refractivity contribution in [2.75, 3.05) is 0 Å². The zero-order valence-corrected chi connectivity index (χ0v) is 59.6. The van der Waals surface area contributed by atoms with Crippen molar-refractivity contribution in [1.82, 2.24) is 18.3 Å². The van der Waals surface area contributed by atoms with Crippen molar-refractivity contribution in [2.45, 2.75) is 0 Å². The average Bonchev–Trinajstić information content (AvgIpc) is 1.58. The fourth-order valence-electron chi connectivity index (χ4n) is 17.8. The van der Waals surface area contributed by atoms with E-state index in [0.717, 1.165) is 77.3 Å². The van der Waals surface area contributed by atoms with Gasteiger partial charge in [-0.1, -0.05) is 243 Å². The van der Waals surface area contributed by atoms with E-state index in [2.05, 4.69) is 394 Å². The number of furan rings is 2. The van der Waals surface area contributed by atoms with Crippen molar-refractivity contribution in [3.63, 3.8) is 0 Å². The fraction of sp³-hybridized carbons (Fsp3) is 0. The number of aromatic nitrogens is 4. The Bertz CT molecular complexity index is 7870. The van der Waals surface area contributed by atoms with Gasteiger partial charge in [-0.15, -0.1) is 0 Å².